The van der Waals surface area contributed by atoms with Crippen LogP contribution in [0.5, 0.6) is 0 Å². The number of carboxylic acid groups (broad SMARTS) is 1. The molecule has 0 aliphatic carbocycles. The molecule has 0 aliphatic heterocycles. The van der Waals surface area contributed by atoms with E-state index in [0.717, 1.165) is 6.42 Å². The fraction of sp³-hybridized carbons (Fsp3) is 0.600. The van der Waals surface area contributed by atoms with Crippen LogP contribution in [0.3, 0.4) is 0 Å². The molecule has 0 fully saturated rings. The van der Waals surface area contributed by atoms with E-state index in [1.807, 2.05) is 6.92 Å². The summed E-state index contributed by atoms with van der Waals surface area (Å²) in [5.74, 6) is -0.731. The van der Waals surface area contributed by atoms with Crippen molar-refractivity contribution in [2.24, 2.45) is 10.9 Å². The van der Waals surface area contributed by atoms with Crippen molar-refractivity contribution >= 4 is 12.0 Å². The Bertz CT molecular complexity index is 265. The molecule has 1 atom stereocenters. The number of aliphatic carboxylic acids is 1. The lowest BCUT2D eigenvalue weighted by Gasteiger charge is -2.07. The Hall–Kier alpha value is -1.41. The van der Waals surface area contributed by atoms with Gasteiger partial charge in [0.25, 0.3) is 0 Å². The van der Waals surface area contributed by atoms with Gasteiger partial charge in [-0.05, 0) is 25.7 Å². The van der Waals surface area contributed by atoms with Gasteiger partial charge in [0.1, 0.15) is 0 Å². The average Bonchev–Trinajstić information content (AvgIpc) is 2.16. The predicted molar refractivity (Wildman–Crippen MR) is 52.8 cm³/mol. The molecule has 0 saturated heterocycles. The standard InChI is InChI=1S/C10H15NO3/c1-3-9(4-5-11-7-12)6-8(2)10(13)14/h6,9H,3-5H2,1-2H3,(H,13,14). The third-order valence-corrected chi connectivity index (χ3v) is 2.02. The number of carbonyl (C=O) groups is 1. The van der Waals surface area contributed by atoms with Gasteiger partial charge >= 0.3 is 5.97 Å². The molecule has 0 aliphatic rings. The molecule has 1 N–H and O–H groups in total. The minimum absolute atomic E-state index is 0.170. The SMILES string of the molecule is CCC(C=C(C)C(=O)O)CCN=C=O. The van der Waals surface area contributed by atoms with E-state index in [2.05, 4.69) is 4.99 Å². The fourth-order valence-electron chi connectivity index (χ4n) is 1.11. The molecule has 0 spiro atoms. The van der Waals surface area contributed by atoms with Crippen LogP contribution in [0.1, 0.15) is 26.7 Å². The molecule has 0 aromatic rings. The highest BCUT2D eigenvalue weighted by atomic mass is 16.4. The minimum atomic E-state index is -0.901. The minimum Gasteiger partial charge on any atom is -0.478 e. The van der Waals surface area contributed by atoms with E-state index in [4.69, 9.17) is 5.11 Å². The highest BCUT2D eigenvalue weighted by Gasteiger charge is 2.06. The third kappa shape index (κ3) is 5.27. The van der Waals surface area contributed by atoms with E-state index in [-0.39, 0.29) is 5.92 Å². The Morgan fingerprint density at radius 3 is 2.71 bits per heavy atom. The number of nitrogens with zero attached hydrogens (tertiary/aromatic N) is 1. The normalized spacial score (nSPS) is 13.1. The van der Waals surface area contributed by atoms with Crippen LogP contribution in [0.2, 0.25) is 0 Å². The van der Waals surface area contributed by atoms with E-state index >= 15 is 0 Å². The number of aliphatic imine (C=N–C) groups is 1. The molecule has 4 heteroatoms. The maximum absolute atomic E-state index is 10.5. The summed E-state index contributed by atoms with van der Waals surface area (Å²) in [7, 11) is 0. The van der Waals surface area contributed by atoms with Gasteiger partial charge in [0.05, 0.1) is 6.54 Å². The zero-order valence-corrected chi connectivity index (χ0v) is 8.49. The average molecular weight is 197 g/mol. The molecule has 0 saturated carbocycles. The largest absolute Gasteiger partial charge is 0.478 e. The Morgan fingerprint density at radius 1 is 1.64 bits per heavy atom. The second-order valence-corrected chi connectivity index (χ2v) is 3.08. The summed E-state index contributed by atoms with van der Waals surface area (Å²) in [5, 5.41) is 8.64. The Balaban J connectivity index is 4.20. The van der Waals surface area contributed by atoms with Crippen molar-refractivity contribution in [2.75, 3.05) is 6.54 Å². The number of carboxylic acids is 1. The van der Waals surface area contributed by atoms with Crippen LogP contribution in [0, 0.1) is 5.92 Å². The van der Waals surface area contributed by atoms with E-state index in [0.29, 0.717) is 18.5 Å². The van der Waals surface area contributed by atoms with Crippen LogP contribution in [0.4, 0.5) is 0 Å². The molecule has 0 aromatic carbocycles. The van der Waals surface area contributed by atoms with Crippen molar-refractivity contribution in [1.82, 2.24) is 0 Å². The van der Waals surface area contributed by atoms with Crippen LogP contribution in [0.25, 0.3) is 0 Å². The first kappa shape index (κ1) is 12.6. The van der Waals surface area contributed by atoms with Crippen molar-refractivity contribution in [2.45, 2.75) is 26.7 Å². The van der Waals surface area contributed by atoms with E-state index in [9.17, 15) is 9.59 Å². The number of hydrogen-bond donors (Lipinski definition) is 1. The lowest BCUT2D eigenvalue weighted by atomic mass is 9.99. The van der Waals surface area contributed by atoms with E-state index < -0.39 is 5.97 Å². The van der Waals surface area contributed by atoms with Crippen LogP contribution in [0.15, 0.2) is 16.6 Å². The van der Waals surface area contributed by atoms with Gasteiger partial charge in [-0.3, -0.25) is 0 Å². The number of hydrogen-bond acceptors (Lipinski definition) is 3. The van der Waals surface area contributed by atoms with Crippen LogP contribution in [-0.4, -0.2) is 23.7 Å². The molecular formula is C10H15NO3. The van der Waals surface area contributed by atoms with Crippen LogP contribution in [-0.2, 0) is 9.59 Å². The zero-order chi connectivity index (χ0) is 11.0. The second-order valence-electron chi connectivity index (χ2n) is 3.08. The molecule has 0 amide bonds. The van der Waals surface area contributed by atoms with Gasteiger partial charge in [-0.25, -0.2) is 14.6 Å². The molecule has 0 aromatic heterocycles. The van der Waals surface area contributed by atoms with Gasteiger partial charge < -0.3 is 5.11 Å². The summed E-state index contributed by atoms with van der Waals surface area (Å²) in [6, 6.07) is 0. The number of allylic oxidation sites excluding steroid dienone is 1. The molecule has 0 radical (unpaired) electrons. The van der Waals surface area contributed by atoms with E-state index in [1.54, 1.807) is 13.0 Å². The fourth-order valence-corrected chi connectivity index (χ4v) is 1.11. The number of rotatable bonds is 6. The summed E-state index contributed by atoms with van der Waals surface area (Å²) < 4.78 is 0. The van der Waals surface area contributed by atoms with Crippen LogP contribution >= 0.6 is 0 Å². The summed E-state index contributed by atoms with van der Waals surface area (Å²) in [6.45, 7) is 3.94. The zero-order valence-electron chi connectivity index (χ0n) is 8.49. The van der Waals surface area contributed by atoms with Crippen molar-refractivity contribution < 1.29 is 14.7 Å². The maximum atomic E-state index is 10.5. The summed E-state index contributed by atoms with van der Waals surface area (Å²) >= 11 is 0. The van der Waals surface area contributed by atoms with Crippen molar-refractivity contribution in [3.05, 3.63) is 11.6 Å². The highest BCUT2D eigenvalue weighted by Crippen LogP contribution is 2.12. The second kappa shape index (κ2) is 7.04. The first-order valence-corrected chi connectivity index (χ1v) is 4.57. The number of carbonyl (C=O) groups excluding carboxylic acids is 1. The quantitative estimate of drug-likeness (QED) is 0.401. The predicted octanol–water partition coefficient (Wildman–Crippen LogP) is 1.77. The first-order valence-electron chi connectivity index (χ1n) is 4.57. The van der Waals surface area contributed by atoms with E-state index in [1.165, 1.54) is 6.08 Å². The molecule has 0 rings (SSSR count). The molecule has 1 unspecified atom stereocenters. The Kier molecular flexibility index (Phi) is 6.33. The van der Waals surface area contributed by atoms with Gasteiger partial charge in [0.15, 0.2) is 0 Å². The van der Waals surface area contributed by atoms with Gasteiger partial charge in [-0.1, -0.05) is 13.0 Å². The van der Waals surface area contributed by atoms with Gasteiger partial charge in [0, 0.05) is 5.57 Å². The lowest BCUT2D eigenvalue weighted by Crippen LogP contribution is -2.03. The van der Waals surface area contributed by atoms with Crippen LogP contribution < -0.4 is 0 Å². The molecule has 0 heterocycles. The summed E-state index contributed by atoms with van der Waals surface area (Å²) in [4.78, 5) is 23.8. The molecule has 4 nitrogen and oxygen atoms in total. The molecule has 14 heavy (non-hydrogen) atoms. The molecule has 78 valence electrons. The monoisotopic (exact) mass is 197 g/mol. The highest BCUT2D eigenvalue weighted by molar-refractivity contribution is 5.85. The smallest absolute Gasteiger partial charge is 0.330 e. The molecule has 0 bridgehead atoms. The maximum Gasteiger partial charge on any atom is 0.330 e. The first-order chi connectivity index (χ1) is 6.61. The molecular weight excluding hydrogens is 182 g/mol. The van der Waals surface area contributed by atoms with Gasteiger partial charge in [-0.2, -0.15) is 0 Å². The van der Waals surface area contributed by atoms with Crippen molar-refractivity contribution in [3.63, 3.8) is 0 Å². The topological polar surface area (TPSA) is 66.7 Å². The summed E-state index contributed by atoms with van der Waals surface area (Å²) in [6.07, 6.45) is 4.71. The van der Waals surface area contributed by atoms with Gasteiger partial charge in [-0.15, -0.1) is 0 Å². The lowest BCUT2D eigenvalue weighted by molar-refractivity contribution is -0.132. The Morgan fingerprint density at radius 2 is 2.29 bits per heavy atom. The van der Waals surface area contributed by atoms with Crippen molar-refractivity contribution in [3.8, 4) is 0 Å². The Labute approximate surface area is 83.3 Å². The third-order valence-electron chi connectivity index (χ3n) is 2.02. The number of isocyanates is 1. The summed E-state index contributed by atoms with van der Waals surface area (Å²) in [5.41, 5.74) is 0.340. The van der Waals surface area contributed by atoms with Crippen molar-refractivity contribution in [1.29, 1.82) is 0 Å². The van der Waals surface area contributed by atoms with Gasteiger partial charge in [0.2, 0.25) is 6.08 Å².